The first-order valence-electron chi connectivity index (χ1n) is 7.47. The SMILES string of the molecule is COc1ccc(OC[C@@H](O)CSc2nc3cc(Cl)c(Cl)cc3[nH]2)cc1. The molecule has 25 heavy (non-hydrogen) atoms. The summed E-state index contributed by atoms with van der Waals surface area (Å²) in [6, 6.07) is 10.7. The van der Waals surface area contributed by atoms with E-state index < -0.39 is 6.10 Å². The van der Waals surface area contributed by atoms with Gasteiger partial charge in [0.15, 0.2) is 5.16 Å². The molecule has 2 N–H and O–H groups in total. The van der Waals surface area contributed by atoms with Crippen LogP contribution in [-0.4, -0.2) is 40.6 Å². The van der Waals surface area contributed by atoms with Gasteiger partial charge in [0.2, 0.25) is 0 Å². The van der Waals surface area contributed by atoms with E-state index in [0.29, 0.717) is 26.7 Å². The number of aromatic nitrogens is 2. The van der Waals surface area contributed by atoms with E-state index in [4.69, 9.17) is 32.7 Å². The first kappa shape index (κ1) is 18.2. The molecule has 1 aromatic heterocycles. The predicted molar refractivity (Wildman–Crippen MR) is 101 cm³/mol. The van der Waals surface area contributed by atoms with E-state index in [-0.39, 0.29) is 6.61 Å². The lowest BCUT2D eigenvalue weighted by molar-refractivity contribution is 0.126. The molecule has 0 unspecified atom stereocenters. The quantitative estimate of drug-likeness (QED) is 0.576. The van der Waals surface area contributed by atoms with Crippen molar-refractivity contribution in [3.8, 4) is 11.5 Å². The molecule has 0 aliphatic rings. The molecule has 0 radical (unpaired) electrons. The summed E-state index contributed by atoms with van der Waals surface area (Å²) < 4.78 is 10.6. The lowest BCUT2D eigenvalue weighted by atomic mass is 10.3. The standard InChI is InChI=1S/C17H16Cl2N2O3S/c1-23-11-2-4-12(5-3-11)24-8-10(22)9-25-17-20-15-6-13(18)14(19)7-16(15)21-17/h2-7,10,22H,8-9H2,1H3,(H,20,21)/t10-/m1/s1. The fourth-order valence-corrected chi connectivity index (χ4v) is 3.25. The lowest BCUT2D eigenvalue weighted by Crippen LogP contribution is -2.20. The number of rotatable bonds is 7. The maximum Gasteiger partial charge on any atom is 0.166 e. The zero-order chi connectivity index (χ0) is 17.8. The molecule has 0 spiro atoms. The van der Waals surface area contributed by atoms with Crippen LogP contribution in [0.4, 0.5) is 0 Å². The number of nitrogens with one attached hydrogen (secondary N) is 1. The molecule has 0 bridgehead atoms. The Kier molecular flexibility index (Phi) is 5.96. The number of nitrogens with zero attached hydrogens (tertiary/aromatic N) is 1. The fraction of sp³-hybridized carbons (Fsp3) is 0.235. The lowest BCUT2D eigenvalue weighted by Gasteiger charge is -2.11. The van der Waals surface area contributed by atoms with Gasteiger partial charge in [0.25, 0.3) is 0 Å². The molecule has 0 saturated heterocycles. The molecular formula is C17H16Cl2N2O3S. The van der Waals surface area contributed by atoms with Crippen molar-refractivity contribution >= 4 is 46.0 Å². The topological polar surface area (TPSA) is 67.4 Å². The van der Waals surface area contributed by atoms with E-state index in [1.165, 1.54) is 11.8 Å². The van der Waals surface area contributed by atoms with Crippen molar-refractivity contribution < 1.29 is 14.6 Å². The highest BCUT2D eigenvalue weighted by atomic mass is 35.5. The Morgan fingerprint density at radius 1 is 1.16 bits per heavy atom. The Balaban J connectivity index is 1.52. The summed E-state index contributed by atoms with van der Waals surface area (Å²) in [6.45, 7) is 0.192. The second-order valence-corrected chi connectivity index (χ2v) is 7.10. The van der Waals surface area contributed by atoms with Gasteiger partial charge in [-0.25, -0.2) is 4.98 Å². The van der Waals surface area contributed by atoms with Crippen molar-refractivity contribution in [2.75, 3.05) is 19.5 Å². The summed E-state index contributed by atoms with van der Waals surface area (Å²) in [4.78, 5) is 7.57. The summed E-state index contributed by atoms with van der Waals surface area (Å²) >= 11 is 13.4. The molecule has 3 rings (SSSR count). The first-order chi connectivity index (χ1) is 12.0. The number of benzene rings is 2. The molecule has 5 nitrogen and oxygen atoms in total. The van der Waals surface area contributed by atoms with Crippen LogP contribution in [0.3, 0.4) is 0 Å². The number of hydrogen-bond acceptors (Lipinski definition) is 5. The van der Waals surface area contributed by atoms with Crippen LogP contribution in [0.15, 0.2) is 41.6 Å². The Morgan fingerprint density at radius 3 is 2.56 bits per heavy atom. The monoisotopic (exact) mass is 398 g/mol. The first-order valence-corrected chi connectivity index (χ1v) is 9.22. The minimum Gasteiger partial charge on any atom is -0.497 e. The highest BCUT2D eigenvalue weighted by Crippen LogP contribution is 2.28. The number of H-pyrrole nitrogens is 1. The van der Waals surface area contributed by atoms with Crippen LogP contribution in [0.2, 0.25) is 10.0 Å². The maximum atomic E-state index is 10.1. The number of halogens is 2. The number of aromatic amines is 1. The van der Waals surface area contributed by atoms with Crippen molar-refractivity contribution in [1.29, 1.82) is 0 Å². The molecule has 0 amide bonds. The number of ether oxygens (including phenoxy) is 2. The molecular weight excluding hydrogens is 383 g/mol. The zero-order valence-corrected chi connectivity index (χ0v) is 15.7. The second-order valence-electron chi connectivity index (χ2n) is 5.28. The molecule has 0 aliphatic carbocycles. The van der Waals surface area contributed by atoms with Gasteiger partial charge in [0.1, 0.15) is 18.1 Å². The minimum atomic E-state index is -0.632. The number of hydrogen-bond donors (Lipinski definition) is 2. The highest BCUT2D eigenvalue weighted by molar-refractivity contribution is 7.99. The smallest absolute Gasteiger partial charge is 0.166 e. The summed E-state index contributed by atoms with van der Waals surface area (Å²) in [5.74, 6) is 1.88. The van der Waals surface area contributed by atoms with E-state index in [1.54, 1.807) is 43.5 Å². The number of thioether (sulfide) groups is 1. The Morgan fingerprint density at radius 2 is 1.84 bits per heavy atom. The molecule has 1 atom stereocenters. The summed E-state index contributed by atoms with van der Waals surface area (Å²) in [7, 11) is 1.61. The van der Waals surface area contributed by atoms with Gasteiger partial charge in [-0.2, -0.15) is 0 Å². The fourth-order valence-electron chi connectivity index (χ4n) is 2.14. The number of fused-ring (bicyclic) bond motifs is 1. The average Bonchev–Trinajstić information content (AvgIpc) is 3.00. The largest absolute Gasteiger partial charge is 0.497 e. The van der Waals surface area contributed by atoms with Gasteiger partial charge in [-0.05, 0) is 36.4 Å². The molecule has 8 heteroatoms. The van der Waals surface area contributed by atoms with Crippen LogP contribution in [-0.2, 0) is 0 Å². The summed E-state index contributed by atoms with van der Waals surface area (Å²) in [5.41, 5.74) is 1.54. The predicted octanol–water partition coefficient (Wildman–Crippen LogP) is 4.41. The van der Waals surface area contributed by atoms with Crippen molar-refractivity contribution in [3.05, 3.63) is 46.4 Å². The molecule has 0 fully saturated rings. The Bertz CT molecular complexity index is 816. The van der Waals surface area contributed by atoms with Crippen molar-refractivity contribution in [2.24, 2.45) is 0 Å². The Labute approximate surface area is 159 Å². The average molecular weight is 399 g/mol. The number of imidazole rings is 1. The van der Waals surface area contributed by atoms with Gasteiger partial charge in [-0.15, -0.1) is 0 Å². The van der Waals surface area contributed by atoms with Crippen LogP contribution in [0.1, 0.15) is 0 Å². The minimum absolute atomic E-state index is 0.192. The van der Waals surface area contributed by atoms with Gasteiger partial charge < -0.3 is 19.6 Å². The van der Waals surface area contributed by atoms with E-state index in [2.05, 4.69) is 9.97 Å². The second kappa shape index (κ2) is 8.19. The van der Waals surface area contributed by atoms with Gasteiger partial charge in [-0.3, -0.25) is 0 Å². The van der Waals surface area contributed by atoms with E-state index in [9.17, 15) is 5.11 Å². The van der Waals surface area contributed by atoms with Crippen LogP contribution >= 0.6 is 35.0 Å². The van der Waals surface area contributed by atoms with E-state index in [0.717, 1.165) is 16.8 Å². The van der Waals surface area contributed by atoms with Gasteiger partial charge >= 0.3 is 0 Å². The van der Waals surface area contributed by atoms with Gasteiger partial charge in [0, 0.05) is 5.75 Å². The molecule has 0 saturated carbocycles. The summed E-state index contributed by atoms with van der Waals surface area (Å²) in [5, 5.41) is 11.7. The highest BCUT2D eigenvalue weighted by Gasteiger charge is 2.11. The van der Waals surface area contributed by atoms with Crippen LogP contribution in [0.5, 0.6) is 11.5 Å². The van der Waals surface area contributed by atoms with Crippen LogP contribution in [0, 0.1) is 0 Å². The van der Waals surface area contributed by atoms with Gasteiger partial charge in [-0.1, -0.05) is 35.0 Å². The summed E-state index contributed by atoms with van der Waals surface area (Å²) in [6.07, 6.45) is -0.632. The van der Waals surface area contributed by atoms with E-state index >= 15 is 0 Å². The zero-order valence-electron chi connectivity index (χ0n) is 13.3. The van der Waals surface area contributed by atoms with Gasteiger partial charge in [0.05, 0.1) is 34.3 Å². The third-order valence-corrected chi connectivity index (χ3v) is 5.16. The number of methoxy groups -OCH3 is 1. The van der Waals surface area contributed by atoms with Crippen molar-refractivity contribution in [1.82, 2.24) is 9.97 Å². The third kappa shape index (κ3) is 4.73. The van der Waals surface area contributed by atoms with E-state index in [1.807, 2.05) is 0 Å². The molecule has 0 aliphatic heterocycles. The number of aliphatic hydroxyl groups excluding tert-OH is 1. The van der Waals surface area contributed by atoms with Crippen LogP contribution in [0.25, 0.3) is 11.0 Å². The molecule has 2 aromatic carbocycles. The van der Waals surface area contributed by atoms with Crippen LogP contribution < -0.4 is 9.47 Å². The Hall–Kier alpha value is -1.60. The molecule has 3 aromatic rings. The number of aliphatic hydroxyl groups is 1. The van der Waals surface area contributed by atoms with Crippen molar-refractivity contribution in [2.45, 2.75) is 11.3 Å². The maximum absolute atomic E-state index is 10.1. The van der Waals surface area contributed by atoms with Crippen molar-refractivity contribution in [3.63, 3.8) is 0 Å². The normalized spacial score (nSPS) is 12.3. The molecule has 132 valence electrons. The molecule has 1 heterocycles. The third-order valence-electron chi connectivity index (χ3n) is 3.42.